The topological polar surface area (TPSA) is 93.7 Å². The number of ether oxygens (including phenoxy) is 2. The summed E-state index contributed by atoms with van der Waals surface area (Å²) in [6, 6.07) is 27.7. The molecule has 0 unspecified atom stereocenters. The molecule has 0 atom stereocenters. The van der Waals surface area contributed by atoms with Crippen molar-refractivity contribution in [2.45, 2.75) is 19.3 Å². The molecule has 7 nitrogen and oxygen atoms in total. The second-order valence-electron chi connectivity index (χ2n) is 8.19. The molecule has 4 aromatic rings. The van der Waals surface area contributed by atoms with Crippen LogP contribution < -0.4 is 15.4 Å². The van der Waals surface area contributed by atoms with Crippen molar-refractivity contribution in [3.8, 4) is 11.5 Å². The summed E-state index contributed by atoms with van der Waals surface area (Å²) in [7, 11) is 0. The van der Waals surface area contributed by atoms with Crippen LogP contribution in [0.2, 0.25) is 5.02 Å². The van der Waals surface area contributed by atoms with Gasteiger partial charge in [-0.2, -0.15) is 0 Å². The Morgan fingerprint density at radius 1 is 0.730 bits per heavy atom. The van der Waals surface area contributed by atoms with Gasteiger partial charge in [-0.1, -0.05) is 60.1 Å². The Balaban J connectivity index is 1.17. The van der Waals surface area contributed by atoms with E-state index in [-0.39, 0.29) is 18.7 Å². The molecule has 0 bridgehead atoms. The van der Waals surface area contributed by atoms with Gasteiger partial charge in [0.05, 0.1) is 10.7 Å². The van der Waals surface area contributed by atoms with Crippen molar-refractivity contribution in [1.29, 1.82) is 0 Å². The van der Waals surface area contributed by atoms with Crippen LogP contribution in [0, 0.1) is 0 Å². The van der Waals surface area contributed by atoms with E-state index in [4.69, 9.17) is 21.1 Å². The van der Waals surface area contributed by atoms with Crippen molar-refractivity contribution in [3.63, 3.8) is 0 Å². The van der Waals surface area contributed by atoms with Gasteiger partial charge < -0.3 is 20.1 Å². The third-order valence-electron chi connectivity index (χ3n) is 5.41. The van der Waals surface area contributed by atoms with E-state index in [2.05, 4.69) is 10.6 Å². The Morgan fingerprint density at radius 2 is 1.46 bits per heavy atom. The highest BCUT2D eigenvalue weighted by atomic mass is 35.5. The first-order chi connectivity index (χ1) is 18.0. The minimum atomic E-state index is -0.558. The molecule has 2 N–H and O–H groups in total. The predicted molar refractivity (Wildman–Crippen MR) is 144 cm³/mol. The van der Waals surface area contributed by atoms with Crippen LogP contribution in [0.15, 0.2) is 91.0 Å². The fourth-order valence-corrected chi connectivity index (χ4v) is 3.78. The van der Waals surface area contributed by atoms with Crippen LogP contribution >= 0.6 is 11.6 Å². The highest BCUT2D eigenvalue weighted by Gasteiger charge is 2.11. The van der Waals surface area contributed by atoms with E-state index >= 15 is 0 Å². The number of hydrogen-bond acceptors (Lipinski definition) is 5. The molecule has 0 fully saturated rings. The van der Waals surface area contributed by atoms with E-state index in [0.717, 1.165) is 16.5 Å². The average Bonchev–Trinajstić information content (AvgIpc) is 2.90. The minimum absolute atomic E-state index is 0.0185. The van der Waals surface area contributed by atoms with Crippen LogP contribution in [0.4, 0.5) is 11.4 Å². The molecular formula is C29H25ClN2O5. The fourth-order valence-electron chi connectivity index (χ4n) is 3.60. The van der Waals surface area contributed by atoms with Gasteiger partial charge in [0.25, 0.3) is 5.91 Å². The number of esters is 1. The molecule has 37 heavy (non-hydrogen) atoms. The first kappa shape index (κ1) is 25.7. The summed E-state index contributed by atoms with van der Waals surface area (Å²) in [6.45, 7) is -0.427. The molecule has 0 saturated heterocycles. The van der Waals surface area contributed by atoms with Gasteiger partial charge in [-0.05, 0) is 54.3 Å². The van der Waals surface area contributed by atoms with E-state index in [1.807, 2.05) is 42.5 Å². The highest BCUT2D eigenvalue weighted by molar-refractivity contribution is 6.33. The van der Waals surface area contributed by atoms with Gasteiger partial charge >= 0.3 is 5.97 Å². The normalized spacial score (nSPS) is 10.5. The minimum Gasteiger partial charge on any atom is -0.457 e. The van der Waals surface area contributed by atoms with Crippen LogP contribution in [-0.2, 0) is 19.1 Å². The largest absolute Gasteiger partial charge is 0.457 e. The summed E-state index contributed by atoms with van der Waals surface area (Å²) in [5, 5.41) is 7.86. The van der Waals surface area contributed by atoms with Crippen molar-refractivity contribution in [2.24, 2.45) is 0 Å². The second-order valence-corrected chi connectivity index (χ2v) is 8.60. The molecule has 188 valence electrons. The number of halogens is 1. The maximum Gasteiger partial charge on any atom is 0.306 e. The number of carbonyl (C=O) groups excluding carboxylic acids is 3. The third-order valence-corrected chi connectivity index (χ3v) is 5.74. The number of anilines is 2. The molecule has 4 aromatic carbocycles. The van der Waals surface area contributed by atoms with Crippen molar-refractivity contribution in [1.82, 2.24) is 0 Å². The summed E-state index contributed by atoms with van der Waals surface area (Å²) < 4.78 is 11.0. The second kappa shape index (κ2) is 12.6. The van der Waals surface area contributed by atoms with E-state index in [0.29, 0.717) is 28.6 Å². The summed E-state index contributed by atoms with van der Waals surface area (Å²) in [5.41, 5.74) is 1.06. The number of rotatable bonds is 10. The number of hydrogen-bond donors (Lipinski definition) is 2. The zero-order valence-corrected chi connectivity index (χ0v) is 20.7. The SMILES string of the molecule is O=C(CCCC(=O)OCC(=O)Nc1ccccc1Cl)Nc1ccc(Oc2cccc3ccccc23)cc1. The lowest BCUT2D eigenvalue weighted by atomic mass is 10.1. The van der Waals surface area contributed by atoms with E-state index < -0.39 is 18.5 Å². The van der Waals surface area contributed by atoms with E-state index in [9.17, 15) is 14.4 Å². The molecule has 0 aliphatic heterocycles. The number of benzene rings is 4. The number of carbonyl (C=O) groups is 3. The molecule has 2 amide bonds. The molecule has 0 aliphatic carbocycles. The quantitative estimate of drug-likeness (QED) is 0.232. The smallest absolute Gasteiger partial charge is 0.306 e. The molecule has 4 rings (SSSR count). The van der Waals surface area contributed by atoms with Crippen LogP contribution in [0.25, 0.3) is 10.8 Å². The summed E-state index contributed by atoms with van der Waals surface area (Å²) in [5.74, 6) is 0.120. The molecule has 0 saturated carbocycles. The average molecular weight is 517 g/mol. The Morgan fingerprint density at radius 3 is 2.27 bits per heavy atom. The van der Waals surface area contributed by atoms with Crippen LogP contribution in [-0.4, -0.2) is 24.4 Å². The van der Waals surface area contributed by atoms with Crippen LogP contribution in [0.3, 0.4) is 0 Å². The maximum absolute atomic E-state index is 12.2. The van der Waals surface area contributed by atoms with Crippen LogP contribution in [0.5, 0.6) is 11.5 Å². The Kier molecular flexibility index (Phi) is 8.73. The molecule has 8 heteroatoms. The van der Waals surface area contributed by atoms with Gasteiger partial charge in [0.15, 0.2) is 6.61 Å². The zero-order valence-electron chi connectivity index (χ0n) is 19.9. The number of fused-ring (bicyclic) bond motifs is 1. The molecular weight excluding hydrogens is 492 g/mol. The van der Waals surface area contributed by atoms with Gasteiger partial charge in [-0.3, -0.25) is 14.4 Å². The van der Waals surface area contributed by atoms with Gasteiger partial charge in [0.2, 0.25) is 5.91 Å². The lowest BCUT2D eigenvalue weighted by Gasteiger charge is -2.10. The third kappa shape index (κ3) is 7.56. The lowest BCUT2D eigenvalue weighted by Crippen LogP contribution is -2.21. The Labute approximate surface area is 219 Å². The standard InChI is InChI=1S/C29H25ClN2O5/c30-24-10-3-4-11-25(24)32-28(34)19-36-29(35)14-6-13-27(33)31-21-15-17-22(18-16-21)37-26-12-5-8-20-7-1-2-9-23(20)26/h1-5,7-12,15-18H,6,13-14,19H2,(H,31,33)(H,32,34). The Hall–Kier alpha value is -4.36. The van der Waals surface area contributed by atoms with E-state index in [1.54, 1.807) is 48.5 Å². The summed E-state index contributed by atoms with van der Waals surface area (Å²) in [4.78, 5) is 36.1. The first-order valence-corrected chi connectivity index (χ1v) is 12.1. The Bertz CT molecular complexity index is 1400. The van der Waals surface area contributed by atoms with Crippen molar-refractivity contribution in [2.75, 3.05) is 17.2 Å². The van der Waals surface area contributed by atoms with Crippen molar-refractivity contribution in [3.05, 3.63) is 96.0 Å². The van der Waals surface area contributed by atoms with Crippen molar-refractivity contribution < 1.29 is 23.9 Å². The van der Waals surface area contributed by atoms with Crippen molar-refractivity contribution >= 4 is 51.5 Å². The van der Waals surface area contributed by atoms with Crippen LogP contribution in [0.1, 0.15) is 19.3 Å². The fraction of sp³-hybridized carbons (Fsp3) is 0.138. The zero-order chi connectivity index (χ0) is 26.0. The van der Waals surface area contributed by atoms with E-state index in [1.165, 1.54) is 0 Å². The molecule has 0 spiro atoms. The summed E-state index contributed by atoms with van der Waals surface area (Å²) >= 11 is 5.98. The molecule has 0 heterocycles. The number of nitrogens with one attached hydrogen (secondary N) is 2. The van der Waals surface area contributed by atoms with Gasteiger partial charge in [-0.15, -0.1) is 0 Å². The van der Waals surface area contributed by atoms with Gasteiger partial charge in [-0.25, -0.2) is 0 Å². The molecule has 0 aromatic heterocycles. The lowest BCUT2D eigenvalue weighted by molar-refractivity contribution is -0.147. The first-order valence-electron chi connectivity index (χ1n) is 11.7. The number of para-hydroxylation sites is 1. The van der Waals surface area contributed by atoms with Gasteiger partial charge in [0.1, 0.15) is 11.5 Å². The summed E-state index contributed by atoms with van der Waals surface area (Å²) in [6.07, 6.45) is 0.443. The predicted octanol–water partition coefficient (Wildman–Crippen LogP) is 6.58. The monoisotopic (exact) mass is 516 g/mol. The molecule has 0 radical (unpaired) electrons. The maximum atomic E-state index is 12.2. The highest BCUT2D eigenvalue weighted by Crippen LogP contribution is 2.30. The van der Waals surface area contributed by atoms with Gasteiger partial charge in [0, 0.05) is 23.9 Å². The number of amides is 2. The molecule has 0 aliphatic rings.